The Bertz CT molecular complexity index is 309. The summed E-state index contributed by atoms with van der Waals surface area (Å²) in [5.41, 5.74) is 0.407. The molecule has 0 bridgehead atoms. The molecular formula is C8H7IO3. The number of halogens is 1. The number of hydrogen-bond donors (Lipinski definition) is 1. The smallest absolute Gasteiger partial charge is 0.150 e. The molecule has 0 fully saturated rings. The van der Waals surface area contributed by atoms with Crippen molar-refractivity contribution >= 4 is 28.9 Å². The molecule has 0 heterocycles. The predicted octanol–water partition coefficient (Wildman–Crippen LogP) is 1.82. The first-order valence-electron chi connectivity index (χ1n) is 3.20. The molecule has 1 aromatic carbocycles. The van der Waals surface area contributed by atoms with E-state index in [0.29, 0.717) is 21.2 Å². The summed E-state index contributed by atoms with van der Waals surface area (Å²) in [7, 11) is 1.49. The van der Waals surface area contributed by atoms with Crippen molar-refractivity contribution in [2.75, 3.05) is 7.11 Å². The number of methoxy groups -OCH3 is 1. The molecule has 0 aromatic heterocycles. The van der Waals surface area contributed by atoms with Gasteiger partial charge in [-0.1, -0.05) is 0 Å². The zero-order valence-electron chi connectivity index (χ0n) is 6.37. The van der Waals surface area contributed by atoms with Gasteiger partial charge in [-0.2, -0.15) is 0 Å². The van der Waals surface area contributed by atoms with E-state index < -0.39 is 0 Å². The molecule has 0 aliphatic heterocycles. The predicted molar refractivity (Wildman–Crippen MR) is 52.8 cm³/mol. The van der Waals surface area contributed by atoms with Gasteiger partial charge in [-0.25, -0.2) is 0 Å². The molecular weight excluding hydrogens is 271 g/mol. The highest BCUT2D eigenvalue weighted by Gasteiger charge is 2.06. The second-order valence-corrected chi connectivity index (χ2v) is 3.25. The highest BCUT2D eigenvalue weighted by molar-refractivity contribution is 14.1. The standard InChI is InChI=1S/C8H7IO3/c1-12-7-3-5(4-10)2-6(11)8(7)9/h2-4,11H,1H3. The van der Waals surface area contributed by atoms with E-state index in [1.165, 1.54) is 13.2 Å². The molecule has 1 rings (SSSR count). The van der Waals surface area contributed by atoms with E-state index in [4.69, 9.17) is 4.74 Å². The number of phenolic OH excluding ortho intramolecular Hbond substituents is 1. The molecule has 0 aliphatic carbocycles. The van der Waals surface area contributed by atoms with Gasteiger partial charge < -0.3 is 9.84 Å². The van der Waals surface area contributed by atoms with Crippen molar-refractivity contribution in [3.05, 3.63) is 21.3 Å². The van der Waals surface area contributed by atoms with E-state index in [9.17, 15) is 9.90 Å². The molecule has 12 heavy (non-hydrogen) atoms. The van der Waals surface area contributed by atoms with E-state index >= 15 is 0 Å². The monoisotopic (exact) mass is 278 g/mol. The number of carbonyl (C=O) groups is 1. The third-order valence-electron chi connectivity index (χ3n) is 1.40. The highest BCUT2D eigenvalue weighted by Crippen LogP contribution is 2.30. The number of benzene rings is 1. The van der Waals surface area contributed by atoms with Crippen LogP contribution in [-0.2, 0) is 0 Å². The SMILES string of the molecule is COc1cc(C=O)cc(O)c1I. The van der Waals surface area contributed by atoms with Gasteiger partial charge in [0.15, 0.2) is 0 Å². The van der Waals surface area contributed by atoms with Gasteiger partial charge in [-0.3, -0.25) is 4.79 Å². The molecule has 3 nitrogen and oxygen atoms in total. The Hall–Kier alpha value is -0.780. The van der Waals surface area contributed by atoms with E-state index in [1.54, 1.807) is 6.07 Å². The minimum atomic E-state index is 0.0667. The number of phenols is 1. The van der Waals surface area contributed by atoms with Gasteiger partial charge in [0.25, 0.3) is 0 Å². The zero-order valence-corrected chi connectivity index (χ0v) is 8.53. The lowest BCUT2D eigenvalue weighted by molar-refractivity contribution is 0.112. The van der Waals surface area contributed by atoms with E-state index in [-0.39, 0.29) is 5.75 Å². The molecule has 1 aromatic rings. The summed E-state index contributed by atoms with van der Waals surface area (Å²) in [6, 6.07) is 2.98. The van der Waals surface area contributed by atoms with Crippen LogP contribution in [0.3, 0.4) is 0 Å². The summed E-state index contributed by atoms with van der Waals surface area (Å²) in [6.45, 7) is 0. The maximum Gasteiger partial charge on any atom is 0.150 e. The lowest BCUT2D eigenvalue weighted by Crippen LogP contribution is -1.90. The molecule has 0 atom stereocenters. The van der Waals surface area contributed by atoms with Gasteiger partial charge >= 0.3 is 0 Å². The number of aldehydes is 1. The zero-order chi connectivity index (χ0) is 9.14. The van der Waals surface area contributed by atoms with Crippen molar-refractivity contribution in [3.8, 4) is 11.5 Å². The van der Waals surface area contributed by atoms with Crippen LogP contribution in [0.2, 0.25) is 0 Å². The second-order valence-electron chi connectivity index (χ2n) is 2.17. The quantitative estimate of drug-likeness (QED) is 0.663. The number of carbonyl (C=O) groups excluding carboxylic acids is 1. The molecule has 0 amide bonds. The van der Waals surface area contributed by atoms with Gasteiger partial charge in [0.05, 0.1) is 10.7 Å². The molecule has 0 saturated heterocycles. The summed E-state index contributed by atoms with van der Waals surface area (Å²) in [4.78, 5) is 10.4. The maximum atomic E-state index is 10.4. The number of rotatable bonds is 2. The van der Waals surface area contributed by atoms with Gasteiger partial charge in [0.1, 0.15) is 17.8 Å². The van der Waals surface area contributed by atoms with E-state index in [1.807, 2.05) is 22.6 Å². The van der Waals surface area contributed by atoms with Crippen LogP contribution >= 0.6 is 22.6 Å². The molecule has 4 heteroatoms. The molecule has 64 valence electrons. The Kier molecular flexibility index (Phi) is 2.91. The van der Waals surface area contributed by atoms with E-state index in [2.05, 4.69) is 0 Å². The second kappa shape index (κ2) is 3.75. The first-order valence-corrected chi connectivity index (χ1v) is 4.28. The number of aromatic hydroxyl groups is 1. The largest absolute Gasteiger partial charge is 0.507 e. The summed E-state index contributed by atoms with van der Waals surface area (Å²) >= 11 is 1.95. The maximum absolute atomic E-state index is 10.4. The lowest BCUT2D eigenvalue weighted by Gasteiger charge is -2.05. The van der Waals surface area contributed by atoms with Crippen molar-refractivity contribution in [3.63, 3.8) is 0 Å². The van der Waals surface area contributed by atoms with Gasteiger partial charge in [-0.05, 0) is 34.7 Å². The first-order chi connectivity index (χ1) is 5.69. The lowest BCUT2D eigenvalue weighted by atomic mass is 10.2. The van der Waals surface area contributed by atoms with Gasteiger partial charge in [0, 0.05) is 5.56 Å². The summed E-state index contributed by atoms with van der Waals surface area (Å²) < 4.78 is 5.55. The van der Waals surface area contributed by atoms with Crippen LogP contribution in [0, 0.1) is 3.57 Å². The van der Waals surface area contributed by atoms with Crippen molar-refractivity contribution in [2.45, 2.75) is 0 Å². The van der Waals surface area contributed by atoms with Crippen molar-refractivity contribution in [2.24, 2.45) is 0 Å². The Balaban J connectivity index is 3.28. The fourth-order valence-electron chi connectivity index (χ4n) is 0.820. The Morgan fingerprint density at radius 3 is 2.75 bits per heavy atom. The van der Waals surface area contributed by atoms with Crippen LogP contribution in [-0.4, -0.2) is 18.5 Å². The Morgan fingerprint density at radius 1 is 1.58 bits per heavy atom. The topological polar surface area (TPSA) is 46.5 Å². The van der Waals surface area contributed by atoms with E-state index in [0.717, 1.165) is 0 Å². The molecule has 0 saturated carbocycles. The summed E-state index contributed by atoms with van der Waals surface area (Å²) in [6.07, 6.45) is 0.665. The average molecular weight is 278 g/mol. The van der Waals surface area contributed by atoms with Crippen LogP contribution in [0.4, 0.5) is 0 Å². The minimum Gasteiger partial charge on any atom is -0.507 e. The minimum absolute atomic E-state index is 0.0667. The molecule has 0 spiro atoms. The molecule has 0 aliphatic rings. The Morgan fingerprint density at radius 2 is 2.25 bits per heavy atom. The van der Waals surface area contributed by atoms with Crippen LogP contribution < -0.4 is 4.74 Å². The third-order valence-corrected chi connectivity index (χ3v) is 2.48. The van der Waals surface area contributed by atoms with Crippen LogP contribution in [0.25, 0.3) is 0 Å². The van der Waals surface area contributed by atoms with Gasteiger partial charge in [-0.15, -0.1) is 0 Å². The van der Waals surface area contributed by atoms with Gasteiger partial charge in [0.2, 0.25) is 0 Å². The third kappa shape index (κ3) is 1.69. The highest BCUT2D eigenvalue weighted by atomic mass is 127. The number of hydrogen-bond acceptors (Lipinski definition) is 3. The molecule has 1 N–H and O–H groups in total. The summed E-state index contributed by atoms with van der Waals surface area (Å²) in [5.74, 6) is 0.578. The normalized spacial score (nSPS) is 9.50. The molecule has 0 radical (unpaired) electrons. The summed E-state index contributed by atoms with van der Waals surface area (Å²) in [5, 5.41) is 9.30. The Labute approximate surface area is 83.5 Å². The van der Waals surface area contributed by atoms with Crippen molar-refractivity contribution in [1.82, 2.24) is 0 Å². The first kappa shape index (κ1) is 9.31. The molecule has 0 unspecified atom stereocenters. The van der Waals surface area contributed by atoms with Crippen LogP contribution in [0.5, 0.6) is 11.5 Å². The van der Waals surface area contributed by atoms with Crippen molar-refractivity contribution in [1.29, 1.82) is 0 Å². The number of ether oxygens (including phenoxy) is 1. The fraction of sp³-hybridized carbons (Fsp3) is 0.125. The average Bonchev–Trinajstić information content (AvgIpc) is 2.09. The van der Waals surface area contributed by atoms with Crippen molar-refractivity contribution < 1.29 is 14.6 Å². The fourth-order valence-corrected chi connectivity index (χ4v) is 1.35. The van der Waals surface area contributed by atoms with Crippen LogP contribution in [0.15, 0.2) is 12.1 Å². The van der Waals surface area contributed by atoms with Crippen LogP contribution in [0.1, 0.15) is 10.4 Å².